The van der Waals surface area contributed by atoms with E-state index in [0.29, 0.717) is 18.8 Å². The predicted molar refractivity (Wildman–Crippen MR) is 87.9 cm³/mol. The van der Waals surface area contributed by atoms with Crippen LogP contribution in [0.1, 0.15) is 13.3 Å². The normalized spacial score (nSPS) is 12.9. The predicted octanol–water partition coefficient (Wildman–Crippen LogP) is 3.41. The molecule has 0 radical (unpaired) electrons. The third kappa shape index (κ3) is 7.58. The summed E-state index contributed by atoms with van der Waals surface area (Å²) in [5.41, 5.74) is 0. The molecule has 124 valence electrons. The second-order valence-electron chi connectivity index (χ2n) is 6.32. The van der Waals surface area contributed by atoms with Gasteiger partial charge in [0.1, 0.15) is 18.3 Å². The summed E-state index contributed by atoms with van der Waals surface area (Å²) >= 11 is 0. The molecule has 0 spiro atoms. The molecule has 1 aromatic rings. The highest BCUT2D eigenvalue weighted by atomic mass is 28.3. The Labute approximate surface area is 133 Å². The monoisotopic (exact) mass is 326 g/mol. The van der Waals surface area contributed by atoms with E-state index in [1.165, 1.54) is 24.3 Å². The van der Waals surface area contributed by atoms with Crippen molar-refractivity contribution in [3.63, 3.8) is 0 Å². The highest BCUT2D eigenvalue weighted by Gasteiger charge is 2.20. The lowest BCUT2D eigenvalue weighted by Crippen LogP contribution is -2.29. The van der Waals surface area contributed by atoms with Crippen molar-refractivity contribution in [1.29, 1.82) is 0 Å². The van der Waals surface area contributed by atoms with Crippen molar-refractivity contribution < 1.29 is 24.1 Å². The maximum absolute atomic E-state index is 12.0. The first-order valence-corrected chi connectivity index (χ1v) is 11.2. The molecule has 0 aliphatic carbocycles. The molecule has 1 atom stereocenters. The molecule has 1 aromatic carbocycles. The highest BCUT2D eigenvalue weighted by Crippen LogP contribution is 2.17. The molecule has 0 fully saturated rings. The molecule has 22 heavy (non-hydrogen) atoms. The van der Waals surface area contributed by atoms with Crippen molar-refractivity contribution in [3.05, 3.63) is 24.3 Å². The number of rotatable bonds is 9. The topological polar surface area (TPSA) is 65.0 Å². The SMILES string of the molecule is CC[C@@H](OCOCC[Si](C)(C)C)C(=O)Oc1ccc(O)cc1. The molecule has 0 bridgehead atoms. The van der Waals surface area contributed by atoms with Gasteiger partial charge >= 0.3 is 5.97 Å². The molecule has 0 aromatic heterocycles. The molecule has 1 rings (SSSR count). The molecule has 0 amide bonds. The van der Waals surface area contributed by atoms with E-state index in [4.69, 9.17) is 14.2 Å². The molecular weight excluding hydrogens is 300 g/mol. The summed E-state index contributed by atoms with van der Waals surface area (Å²) in [6, 6.07) is 7.05. The smallest absolute Gasteiger partial charge is 0.340 e. The number of esters is 1. The Kier molecular flexibility index (Phi) is 7.57. The van der Waals surface area contributed by atoms with Gasteiger partial charge in [0.25, 0.3) is 0 Å². The number of phenolic OH excluding ortho intramolecular Hbond substituents is 1. The van der Waals surface area contributed by atoms with E-state index in [1.54, 1.807) is 0 Å². The molecule has 0 saturated carbocycles. The summed E-state index contributed by atoms with van der Waals surface area (Å²) in [7, 11) is -1.11. The Hall–Kier alpha value is -1.37. The number of carbonyl (C=O) groups excluding carboxylic acids is 1. The molecule has 0 aliphatic rings. The van der Waals surface area contributed by atoms with E-state index in [2.05, 4.69) is 19.6 Å². The summed E-state index contributed by atoms with van der Waals surface area (Å²) in [6.45, 7) is 9.43. The highest BCUT2D eigenvalue weighted by molar-refractivity contribution is 6.76. The third-order valence-corrected chi connectivity index (χ3v) is 4.74. The van der Waals surface area contributed by atoms with Crippen molar-refractivity contribution in [1.82, 2.24) is 0 Å². The minimum Gasteiger partial charge on any atom is -0.508 e. The van der Waals surface area contributed by atoms with Crippen LogP contribution in [0.5, 0.6) is 11.5 Å². The van der Waals surface area contributed by atoms with Crippen LogP contribution in [0.25, 0.3) is 0 Å². The van der Waals surface area contributed by atoms with Crippen molar-refractivity contribution in [2.75, 3.05) is 13.4 Å². The first-order valence-electron chi connectivity index (χ1n) is 7.52. The Balaban J connectivity index is 2.33. The van der Waals surface area contributed by atoms with Crippen molar-refractivity contribution in [2.45, 2.75) is 45.1 Å². The molecule has 5 nitrogen and oxygen atoms in total. The van der Waals surface area contributed by atoms with Crippen LogP contribution in [0.15, 0.2) is 24.3 Å². The van der Waals surface area contributed by atoms with Gasteiger partial charge in [-0.2, -0.15) is 0 Å². The zero-order valence-corrected chi connectivity index (χ0v) is 14.8. The fraction of sp³-hybridized carbons (Fsp3) is 0.562. The number of phenols is 1. The quantitative estimate of drug-likeness (QED) is 0.248. The molecule has 1 N–H and O–H groups in total. The van der Waals surface area contributed by atoms with Gasteiger partial charge in [-0.25, -0.2) is 4.79 Å². The number of ether oxygens (including phenoxy) is 3. The average molecular weight is 326 g/mol. The van der Waals surface area contributed by atoms with Gasteiger partial charge in [-0.15, -0.1) is 0 Å². The van der Waals surface area contributed by atoms with E-state index >= 15 is 0 Å². The van der Waals surface area contributed by atoms with Gasteiger partial charge in [0.15, 0.2) is 6.10 Å². The minimum atomic E-state index is -1.11. The largest absolute Gasteiger partial charge is 0.508 e. The van der Waals surface area contributed by atoms with Gasteiger partial charge in [0.05, 0.1) is 0 Å². The van der Waals surface area contributed by atoms with Crippen molar-refractivity contribution in [3.8, 4) is 11.5 Å². The average Bonchev–Trinajstić information content (AvgIpc) is 2.44. The second-order valence-corrected chi connectivity index (χ2v) is 11.9. The van der Waals surface area contributed by atoms with E-state index in [-0.39, 0.29) is 12.5 Å². The van der Waals surface area contributed by atoms with Crippen LogP contribution in [-0.2, 0) is 14.3 Å². The molecule has 0 saturated heterocycles. The van der Waals surface area contributed by atoms with Gasteiger partial charge in [-0.3, -0.25) is 0 Å². The second kappa shape index (κ2) is 8.92. The van der Waals surface area contributed by atoms with Crippen molar-refractivity contribution in [2.24, 2.45) is 0 Å². The Morgan fingerprint density at radius 3 is 2.41 bits per heavy atom. The maximum atomic E-state index is 12.0. The van der Waals surface area contributed by atoms with Crippen molar-refractivity contribution >= 4 is 14.0 Å². The van der Waals surface area contributed by atoms with E-state index in [9.17, 15) is 9.90 Å². The molecule has 0 aliphatic heterocycles. The lowest BCUT2D eigenvalue weighted by molar-refractivity contribution is -0.158. The first-order chi connectivity index (χ1) is 10.3. The van der Waals surface area contributed by atoms with Crippen LogP contribution in [0.2, 0.25) is 25.7 Å². The van der Waals surface area contributed by atoms with Gasteiger partial charge in [0.2, 0.25) is 0 Å². The van der Waals surface area contributed by atoms with Crippen LogP contribution in [-0.4, -0.2) is 38.7 Å². The number of hydrogen-bond donors (Lipinski definition) is 1. The van der Waals surface area contributed by atoms with Crippen LogP contribution >= 0.6 is 0 Å². The van der Waals surface area contributed by atoms with Gasteiger partial charge in [-0.05, 0) is 36.7 Å². The Morgan fingerprint density at radius 2 is 1.86 bits per heavy atom. The molecular formula is C16H26O5Si. The Morgan fingerprint density at radius 1 is 1.23 bits per heavy atom. The number of hydrogen-bond acceptors (Lipinski definition) is 5. The molecule has 0 unspecified atom stereocenters. The summed E-state index contributed by atoms with van der Waals surface area (Å²) in [5.74, 6) is 0.0466. The summed E-state index contributed by atoms with van der Waals surface area (Å²) in [6.07, 6.45) is -0.144. The van der Waals surface area contributed by atoms with Gasteiger partial charge in [-0.1, -0.05) is 26.6 Å². The third-order valence-electron chi connectivity index (χ3n) is 3.04. The zero-order chi connectivity index (χ0) is 16.6. The number of aromatic hydroxyl groups is 1. The first kappa shape index (κ1) is 18.7. The van der Waals surface area contributed by atoms with E-state index < -0.39 is 20.1 Å². The summed E-state index contributed by atoms with van der Waals surface area (Å²) in [5, 5.41) is 9.19. The zero-order valence-electron chi connectivity index (χ0n) is 13.8. The van der Waals surface area contributed by atoms with Crippen LogP contribution in [0, 0.1) is 0 Å². The van der Waals surface area contributed by atoms with E-state index in [1.807, 2.05) is 6.92 Å². The van der Waals surface area contributed by atoms with Gasteiger partial charge in [0, 0.05) is 14.7 Å². The molecule has 0 heterocycles. The van der Waals surface area contributed by atoms with Gasteiger partial charge < -0.3 is 19.3 Å². The number of benzene rings is 1. The standard InChI is InChI=1S/C16H26O5Si/c1-5-15(20-12-19-10-11-22(2,3)4)16(18)21-14-8-6-13(17)7-9-14/h6-9,15,17H,5,10-12H2,1-4H3/t15-/m1/s1. The maximum Gasteiger partial charge on any atom is 0.340 e. The Bertz CT molecular complexity index is 453. The lowest BCUT2D eigenvalue weighted by Gasteiger charge is -2.17. The summed E-state index contributed by atoms with van der Waals surface area (Å²) in [4.78, 5) is 12.0. The number of carbonyl (C=O) groups is 1. The van der Waals surface area contributed by atoms with Crippen LogP contribution < -0.4 is 4.74 Å². The lowest BCUT2D eigenvalue weighted by atomic mass is 10.3. The van der Waals surface area contributed by atoms with E-state index in [0.717, 1.165) is 6.04 Å². The van der Waals surface area contributed by atoms with Crippen LogP contribution in [0.4, 0.5) is 0 Å². The fourth-order valence-corrected chi connectivity index (χ4v) is 2.37. The van der Waals surface area contributed by atoms with Crippen LogP contribution in [0.3, 0.4) is 0 Å². The fourth-order valence-electron chi connectivity index (χ4n) is 1.62. The summed E-state index contributed by atoms with van der Waals surface area (Å²) < 4.78 is 16.1. The minimum absolute atomic E-state index is 0.0909. The molecule has 6 heteroatoms.